The number of nitrogens with zero attached hydrogens (tertiary/aromatic N) is 2. The van der Waals surface area contributed by atoms with E-state index in [2.05, 4.69) is 36.8 Å². The maximum atomic E-state index is 6.12. The number of hydrogen-bond donors (Lipinski definition) is 1. The van der Waals surface area contributed by atoms with Crippen molar-refractivity contribution in [2.75, 3.05) is 37.9 Å². The molecule has 1 saturated heterocycles. The van der Waals surface area contributed by atoms with Crippen LogP contribution in [0.4, 0.5) is 11.4 Å². The van der Waals surface area contributed by atoms with E-state index in [1.54, 1.807) is 7.11 Å². The minimum atomic E-state index is 0.537. The van der Waals surface area contributed by atoms with Crippen LogP contribution in [0.1, 0.15) is 13.8 Å². The number of ether oxygens (including phenoxy) is 1. The van der Waals surface area contributed by atoms with Gasteiger partial charge in [0.25, 0.3) is 0 Å². The molecule has 0 aromatic heterocycles. The van der Waals surface area contributed by atoms with Crippen LogP contribution in [0.15, 0.2) is 18.2 Å². The molecule has 0 saturated carbocycles. The largest absolute Gasteiger partial charge is 0.497 e. The summed E-state index contributed by atoms with van der Waals surface area (Å²) >= 11 is 0. The molecule has 2 N–H and O–H groups in total. The van der Waals surface area contributed by atoms with Crippen LogP contribution in [-0.2, 0) is 0 Å². The molecule has 1 aromatic rings. The van der Waals surface area contributed by atoms with Crippen LogP contribution in [-0.4, -0.2) is 44.2 Å². The van der Waals surface area contributed by atoms with E-state index < -0.39 is 0 Å². The second kappa shape index (κ2) is 5.06. The Kier molecular flexibility index (Phi) is 3.66. The average Bonchev–Trinajstić information content (AvgIpc) is 2.35. The van der Waals surface area contributed by atoms with Gasteiger partial charge in [0.05, 0.1) is 18.5 Å². The predicted molar refractivity (Wildman–Crippen MR) is 76.3 cm³/mol. The highest BCUT2D eigenvalue weighted by atomic mass is 16.5. The summed E-state index contributed by atoms with van der Waals surface area (Å²) in [7, 11) is 3.85. The second-order valence-corrected chi connectivity index (χ2v) is 5.19. The van der Waals surface area contributed by atoms with Crippen LogP contribution in [0.5, 0.6) is 5.75 Å². The van der Waals surface area contributed by atoms with Gasteiger partial charge >= 0.3 is 0 Å². The fraction of sp³-hybridized carbons (Fsp3) is 0.571. The number of hydrogen-bond acceptors (Lipinski definition) is 4. The number of nitrogens with two attached hydrogens (primary N) is 1. The van der Waals surface area contributed by atoms with Gasteiger partial charge in [0.15, 0.2) is 0 Å². The van der Waals surface area contributed by atoms with Crippen molar-refractivity contribution < 1.29 is 4.74 Å². The molecule has 1 heterocycles. The third-order valence-corrected chi connectivity index (χ3v) is 3.94. The van der Waals surface area contributed by atoms with Gasteiger partial charge in [-0.1, -0.05) is 0 Å². The van der Waals surface area contributed by atoms with E-state index in [-0.39, 0.29) is 0 Å². The monoisotopic (exact) mass is 249 g/mol. The highest BCUT2D eigenvalue weighted by Crippen LogP contribution is 2.30. The van der Waals surface area contributed by atoms with E-state index in [4.69, 9.17) is 10.5 Å². The normalized spacial score (nSPS) is 25.2. The highest BCUT2D eigenvalue weighted by molar-refractivity contribution is 5.69. The van der Waals surface area contributed by atoms with E-state index in [1.165, 1.54) is 0 Å². The first-order valence-electron chi connectivity index (χ1n) is 6.43. The quantitative estimate of drug-likeness (QED) is 0.812. The van der Waals surface area contributed by atoms with Gasteiger partial charge in [0.2, 0.25) is 0 Å². The number of benzene rings is 1. The third kappa shape index (κ3) is 2.38. The lowest BCUT2D eigenvalue weighted by atomic mass is 10.1. The Morgan fingerprint density at radius 3 is 2.33 bits per heavy atom. The minimum Gasteiger partial charge on any atom is -0.497 e. The molecule has 2 atom stereocenters. The van der Waals surface area contributed by atoms with E-state index in [0.717, 1.165) is 30.2 Å². The Hall–Kier alpha value is -1.42. The molecule has 0 spiro atoms. The standard InChI is InChI=1S/C14H23N3O/c1-10-8-17(9-11(2)16(10)3)14-6-5-12(18-4)7-13(14)15/h5-7,10-11H,8-9,15H2,1-4H3. The average molecular weight is 249 g/mol. The van der Waals surface area contributed by atoms with Crippen LogP contribution in [0.25, 0.3) is 0 Å². The molecular weight excluding hydrogens is 226 g/mol. The van der Waals surface area contributed by atoms with Crippen LogP contribution in [0.3, 0.4) is 0 Å². The Bertz CT molecular complexity index is 410. The van der Waals surface area contributed by atoms with E-state index in [9.17, 15) is 0 Å². The topological polar surface area (TPSA) is 41.7 Å². The maximum absolute atomic E-state index is 6.12. The van der Waals surface area contributed by atoms with Crippen LogP contribution in [0.2, 0.25) is 0 Å². The molecule has 1 aliphatic heterocycles. The fourth-order valence-electron chi connectivity index (χ4n) is 2.55. The minimum absolute atomic E-state index is 0.537. The zero-order chi connectivity index (χ0) is 13.3. The molecule has 2 unspecified atom stereocenters. The molecule has 0 amide bonds. The van der Waals surface area contributed by atoms with Crippen molar-refractivity contribution in [3.8, 4) is 5.75 Å². The zero-order valence-electron chi connectivity index (χ0n) is 11.7. The Balaban J connectivity index is 2.21. The van der Waals surface area contributed by atoms with Crippen molar-refractivity contribution in [1.29, 1.82) is 0 Å². The summed E-state index contributed by atoms with van der Waals surface area (Å²) in [6.45, 7) is 6.53. The highest BCUT2D eigenvalue weighted by Gasteiger charge is 2.27. The Morgan fingerprint density at radius 1 is 1.22 bits per heavy atom. The van der Waals surface area contributed by atoms with Crippen molar-refractivity contribution in [3.63, 3.8) is 0 Å². The van der Waals surface area contributed by atoms with Gasteiger partial charge in [0, 0.05) is 31.2 Å². The molecular formula is C14H23N3O. The maximum Gasteiger partial charge on any atom is 0.121 e. The lowest BCUT2D eigenvalue weighted by Crippen LogP contribution is -2.55. The SMILES string of the molecule is COc1ccc(N2CC(C)N(C)C(C)C2)c(N)c1. The number of methoxy groups -OCH3 is 1. The van der Waals surface area contributed by atoms with Gasteiger partial charge in [-0.2, -0.15) is 0 Å². The number of anilines is 2. The van der Waals surface area contributed by atoms with E-state index in [0.29, 0.717) is 12.1 Å². The lowest BCUT2D eigenvalue weighted by Gasteiger charge is -2.43. The number of nitrogen functional groups attached to an aromatic ring is 1. The number of likely N-dealkylation sites (N-methyl/N-ethyl adjacent to an activating group) is 1. The lowest BCUT2D eigenvalue weighted by molar-refractivity contribution is 0.170. The van der Waals surface area contributed by atoms with Crippen molar-refractivity contribution in [1.82, 2.24) is 4.90 Å². The number of rotatable bonds is 2. The van der Waals surface area contributed by atoms with E-state index >= 15 is 0 Å². The van der Waals surface area contributed by atoms with Crippen molar-refractivity contribution in [2.45, 2.75) is 25.9 Å². The summed E-state index contributed by atoms with van der Waals surface area (Å²) < 4.78 is 5.19. The van der Waals surface area contributed by atoms with Gasteiger partial charge in [-0.25, -0.2) is 0 Å². The zero-order valence-corrected chi connectivity index (χ0v) is 11.7. The first kappa shape index (κ1) is 13.0. The summed E-state index contributed by atoms with van der Waals surface area (Å²) in [5.41, 5.74) is 8.02. The van der Waals surface area contributed by atoms with Gasteiger partial charge in [0.1, 0.15) is 5.75 Å². The summed E-state index contributed by atoms with van der Waals surface area (Å²) in [4.78, 5) is 4.78. The van der Waals surface area contributed by atoms with Crippen molar-refractivity contribution >= 4 is 11.4 Å². The van der Waals surface area contributed by atoms with E-state index in [1.807, 2.05) is 12.1 Å². The molecule has 18 heavy (non-hydrogen) atoms. The number of piperazine rings is 1. The van der Waals surface area contributed by atoms with Gasteiger partial charge in [-0.15, -0.1) is 0 Å². The molecule has 1 fully saturated rings. The van der Waals surface area contributed by atoms with Crippen LogP contribution >= 0.6 is 0 Å². The molecule has 4 heteroatoms. The summed E-state index contributed by atoms with van der Waals surface area (Å²) in [5, 5.41) is 0. The summed E-state index contributed by atoms with van der Waals surface area (Å²) in [5.74, 6) is 0.812. The Morgan fingerprint density at radius 2 is 1.83 bits per heavy atom. The molecule has 2 rings (SSSR count). The first-order chi connectivity index (χ1) is 8.52. The van der Waals surface area contributed by atoms with Crippen LogP contribution < -0.4 is 15.4 Å². The first-order valence-corrected chi connectivity index (χ1v) is 6.43. The van der Waals surface area contributed by atoms with Crippen LogP contribution in [0, 0.1) is 0 Å². The van der Waals surface area contributed by atoms with Gasteiger partial charge in [-0.05, 0) is 33.0 Å². The molecule has 1 aromatic carbocycles. The molecule has 100 valence electrons. The fourth-order valence-corrected chi connectivity index (χ4v) is 2.55. The van der Waals surface area contributed by atoms with Crippen molar-refractivity contribution in [2.24, 2.45) is 0 Å². The smallest absolute Gasteiger partial charge is 0.121 e. The summed E-state index contributed by atoms with van der Waals surface area (Å²) in [6.07, 6.45) is 0. The van der Waals surface area contributed by atoms with Gasteiger partial charge in [-0.3, -0.25) is 4.90 Å². The third-order valence-electron chi connectivity index (χ3n) is 3.94. The molecule has 0 aliphatic carbocycles. The summed E-state index contributed by atoms with van der Waals surface area (Å²) in [6, 6.07) is 6.99. The second-order valence-electron chi connectivity index (χ2n) is 5.19. The van der Waals surface area contributed by atoms with Gasteiger partial charge < -0.3 is 15.4 Å². The molecule has 0 bridgehead atoms. The molecule has 1 aliphatic rings. The molecule has 4 nitrogen and oxygen atoms in total. The molecule has 0 radical (unpaired) electrons. The predicted octanol–water partition coefficient (Wildman–Crippen LogP) is 1.81. The van der Waals surface area contributed by atoms with Crippen molar-refractivity contribution in [3.05, 3.63) is 18.2 Å². The Labute approximate surface area is 109 Å².